The number of nitrogens with two attached hydrogens (primary N) is 1. The lowest BCUT2D eigenvalue weighted by Crippen LogP contribution is -2.45. The van der Waals surface area contributed by atoms with Gasteiger partial charge in [-0.25, -0.2) is 12.7 Å². The molecule has 0 amide bonds. The smallest absolute Gasteiger partial charge is 0.220 e. The molecule has 1 rings (SSSR count). The van der Waals surface area contributed by atoms with Crippen molar-refractivity contribution >= 4 is 27.2 Å². The molecule has 1 fully saturated rings. The van der Waals surface area contributed by atoms with Crippen molar-refractivity contribution in [3.63, 3.8) is 0 Å². The standard InChI is InChI=1S/C11H22N2O2S2/c1-3-11(4-2)5-7-13(8-6-11)17(14,15)9-10(12)16/h3-9H2,1-2H3,(H2,12,16). The third-order valence-electron chi connectivity index (χ3n) is 4.00. The van der Waals surface area contributed by atoms with E-state index in [1.54, 1.807) is 0 Å². The molecule has 0 aliphatic carbocycles. The van der Waals surface area contributed by atoms with Gasteiger partial charge in [0.1, 0.15) is 5.75 Å². The summed E-state index contributed by atoms with van der Waals surface area (Å²) in [6.07, 6.45) is 4.12. The quantitative estimate of drug-likeness (QED) is 0.774. The normalized spacial score (nSPS) is 21.3. The highest BCUT2D eigenvalue weighted by Gasteiger charge is 2.35. The van der Waals surface area contributed by atoms with Gasteiger partial charge in [-0.15, -0.1) is 0 Å². The molecule has 17 heavy (non-hydrogen) atoms. The third-order valence-corrected chi connectivity index (χ3v) is 6.16. The maximum absolute atomic E-state index is 11.9. The van der Waals surface area contributed by atoms with Gasteiger partial charge >= 0.3 is 0 Å². The van der Waals surface area contributed by atoms with Crippen molar-refractivity contribution in [2.45, 2.75) is 39.5 Å². The highest BCUT2D eigenvalue weighted by Crippen LogP contribution is 2.38. The Kier molecular flexibility index (Phi) is 4.92. The predicted octanol–water partition coefficient (Wildman–Crippen LogP) is 1.50. The zero-order chi connectivity index (χ0) is 13.1. The monoisotopic (exact) mass is 278 g/mol. The third kappa shape index (κ3) is 3.63. The zero-order valence-electron chi connectivity index (χ0n) is 10.6. The van der Waals surface area contributed by atoms with E-state index < -0.39 is 10.0 Å². The van der Waals surface area contributed by atoms with E-state index in [9.17, 15) is 8.42 Å². The molecule has 1 aliphatic rings. The predicted molar refractivity (Wildman–Crippen MR) is 74.4 cm³/mol. The average molecular weight is 278 g/mol. The van der Waals surface area contributed by atoms with Crippen molar-refractivity contribution < 1.29 is 8.42 Å². The van der Waals surface area contributed by atoms with Crippen LogP contribution in [0.1, 0.15) is 39.5 Å². The molecule has 0 radical (unpaired) electrons. The first-order chi connectivity index (χ1) is 7.85. The Morgan fingerprint density at radius 3 is 2.12 bits per heavy atom. The summed E-state index contributed by atoms with van der Waals surface area (Å²) in [6.45, 7) is 5.57. The molecule has 2 N–H and O–H groups in total. The summed E-state index contributed by atoms with van der Waals surface area (Å²) in [4.78, 5) is 0.0489. The van der Waals surface area contributed by atoms with Gasteiger partial charge < -0.3 is 5.73 Å². The van der Waals surface area contributed by atoms with Gasteiger partial charge in [0, 0.05) is 13.1 Å². The lowest BCUT2D eigenvalue weighted by Gasteiger charge is -2.40. The van der Waals surface area contributed by atoms with Gasteiger partial charge in [-0.1, -0.05) is 38.9 Å². The van der Waals surface area contributed by atoms with Crippen LogP contribution in [0, 0.1) is 5.41 Å². The molecule has 0 atom stereocenters. The van der Waals surface area contributed by atoms with Crippen LogP contribution >= 0.6 is 12.2 Å². The Morgan fingerprint density at radius 2 is 1.76 bits per heavy atom. The summed E-state index contributed by atoms with van der Waals surface area (Å²) in [5, 5.41) is 0. The number of hydrogen-bond acceptors (Lipinski definition) is 3. The maximum atomic E-state index is 11.9. The Balaban J connectivity index is 2.66. The first-order valence-corrected chi connectivity index (χ1v) is 8.13. The minimum absolute atomic E-state index is 0.0489. The van der Waals surface area contributed by atoms with Crippen LogP contribution < -0.4 is 5.73 Å². The minimum atomic E-state index is -3.28. The molecule has 6 heteroatoms. The summed E-state index contributed by atoms with van der Waals surface area (Å²) in [7, 11) is -3.28. The van der Waals surface area contributed by atoms with Gasteiger partial charge in [0.05, 0.1) is 4.99 Å². The Labute approximate surface area is 110 Å². The van der Waals surface area contributed by atoms with E-state index in [2.05, 4.69) is 26.1 Å². The van der Waals surface area contributed by atoms with Crippen LogP contribution in [0.5, 0.6) is 0 Å². The summed E-state index contributed by atoms with van der Waals surface area (Å²) < 4.78 is 25.4. The Hall–Kier alpha value is -0.200. The topological polar surface area (TPSA) is 63.4 Å². The summed E-state index contributed by atoms with van der Waals surface area (Å²) in [6, 6.07) is 0. The molecule has 1 saturated heterocycles. The molecule has 0 aromatic rings. The molecule has 1 aliphatic heterocycles. The number of sulfonamides is 1. The van der Waals surface area contributed by atoms with E-state index in [-0.39, 0.29) is 10.7 Å². The summed E-state index contributed by atoms with van der Waals surface area (Å²) in [5.74, 6) is -0.201. The lowest BCUT2D eigenvalue weighted by molar-refractivity contribution is 0.142. The Morgan fingerprint density at radius 1 is 1.29 bits per heavy atom. The second-order valence-corrected chi connectivity index (χ2v) is 7.32. The van der Waals surface area contributed by atoms with Gasteiger partial charge in [-0.2, -0.15) is 0 Å². The molecular weight excluding hydrogens is 256 g/mol. The minimum Gasteiger partial charge on any atom is -0.392 e. The lowest BCUT2D eigenvalue weighted by atomic mass is 9.75. The van der Waals surface area contributed by atoms with Crippen molar-refractivity contribution in [2.24, 2.45) is 11.1 Å². The maximum Gasteiger partial charge on any atom is 0.220 e. The van der Waals surface area contributed by atoms with Crippen LogP contribution in [0.3, 0.4) is 0 Å². The molecule has 0 spiro atoms. The summed E-state index contributed by atoms with van der Waals surface area (Å²) in [5.41, 5.74) is 5.65. The fraction of sp³-hybridized carbons (Fsp3) is 0.909. The molecule has 0 aromatic carbocycles. The molecular formula is C11H22N2O2S2. The Bertz CT molecular complexity index is 365. The number of rotatable bonds is 5. The van der Waals surface area contributed by atoms with Crippen LogP contribution in [0.4, 0.5) is 0 Å². The van der Waals surface area contributed by atoms with Crippen LogP contribution in [0.15, 0.2) is 0 Å². The van der Waals surface area contributed by atoms with Gasteiger partial charge in [-0.05, 0) is 18.3 Å². The van der Waals surface area contributed by atoms with E-state index in [1.807, 2.05) is 0 Å². The molecule has 4 nitrogen and oxygen atoms in total. The SMILES string of the molecule is CCC1(CC)CCN(S(=O)(=O)CC(N)=S)CC1. The summed E-state index contributed by atoms with van der Waals surface area (Å²) >= 11 is 4.68. The number of hydrogen-bond donors (Lipinski definition) is 1. The number of thiocarbonyl (C=S) groups is 1. The van der Waals surface area contributed by atoms with Crippen LogP contribution in [-0.4, -0.2) is 36.6 Å². The largest absolute Gasteiger partial charge is 0.392 e. The molecule has 0 saturated carbocycles. The van der Waals surface area contributed by atoms with Crippen LogP contribution in [0.25, 0.3) is 0 Å². The molecule has 0 unspecified atom stereocenters. The van der Waals surface area contributed by atoms with Crippen LogP contribution in [-0.2, 0) is 10.0 Å². The highest BCUT2D eigenvalue weighted by atomic mass is 32.2. The van der Waals surface area contributed by atoms with Crippen molar-refractivity contribution in [1.29, 1.82) is 0 Å². The van der Waals surface area contributed by atoms with Crippen molar-refractivity contribution in [2.75, 3.05) is 18.8 Å². The fourth-order valence-corrected chi connectivity index (χ4v) is 4.19. The second-order valence-electron chi connectivity index (χ2n) is 4.83. The fourth-order valence-electron chi connectivity index (χ4n) is 2.47. The van der Waals surface area contributed by atoms with E-state index in [0.29, 0.717) is 18.5 Å². The number of nitrogens with zero attached hydrogens (tertiary/aromatic N) is 1. The van der Waals surface area contributed by atoms with Gasteiger partial charge in [0.2, 0.25) is 10.0 Å². The van der Waals surface area contributed by atoms with Crippen molar-refractivity contribution in [1.82, 2.24) is 4.31 Å². The van der Waals surface area contributed by atoms with Crippen LogP contribution in [0.2, 0.25) is 0 Å². The molecule has 100 valence electrons. The average Bonchev–Trinajstić information content (AvgIpc) is 2.27. The van der Waals surface area contributed by atoms with E-state index in [4.69, 9.17) is 5.73 Å². The van der Waals surface area contributed by atoms with Gasteiger partial charge in [0.15, 0.2) is 0 Å². The molecule has 0 aromatic heterocycles. The van der Waals surface area contributed by atoms with Crippen molar-refractivity contribution in [3.8, 4) is 0 Å². The zero-order valence-corrected chi connectivity index (χ0v) is 12.2. The van der Waals surface area contributed by atoms with Gasteiger partial charge in [-0.3, -0.25) is 0 Å². The van der Waals surface area contributed by atoms with E-state index >= 15 is 0 Å². The first-order valence-electron chi connectivity index (χ1n) is 6.11. The highest BCUT2D eigenvalue weighted by molar-refractivity contribution is 7.92. The van der Waals surface area contributed by atoms with E-state index in [0.717, 1.165) is 25.7 Å². The van der Waals surface area contributed by atoms with Crippen molar-refractivity contribution in [3.05, 3.63) is 0 Å². The van der Waals surface area contributed by atoms with Gasteiger partial charge in [0.25, 0.3) is 0 Å². The first kappa shape index (κ1) is 14.9. The van der Waals surface area contributed by atoms with E-state index in [1.165, 1.54) is 4.31 Å². The molecule has 1 heterocycles. The second kappa shape index (κ2) is 5.63. The molecule has 0 bridgehead atoms. The number of piperidine rings is 1.